The predicted octanol–water partition coefficient (Wildman–Crippen LogP) is 2.98. The molecule has 1 heterocycles. The molecule has 0 amide bonds. The van der Waals surface area contributed by atoms with Crippen molar-refractivity contribution in [3.05, 3.63) is 35.1 Å². The van der Waals surface area contributed by atoms with Crippen LogP contribution in [0.4, 0.5) is 4.39 Å². The molecule has 2 rings (SSSR count). The number of likely N-dealkylation sites (N-methyl/N-ethyl adjacent to an activating group) is 1. The Bertz CT molecular complexity index is 439. The van der Waals surface area contributed by atoms with E-state index in [1.807, 2.05) is 27.0 Å². The van der Waals surface area contributed by atoms with Crippen molar-refractivity contribution in [1.29, 1.82) is 0 Å². The molecule has 1 aliphatic rings. The van der Waals surface area contributed by atoms with Gasteiger partial charge in [-0.2, -0.15) is 0 Å². The van der Waals surface area contributed by atoms with E-state index in [0.29, 0.717) is 19.8 Å². The molecule has 1 aliphatic heterocycles. The third-order valence-electron chi connectivity index (χ3n) is 4.14. The zero-order chi connectivity index (χ0) is 14.6. The summed E-state index contributed by atoms with van der Waals surface area (Å²) in [4.78, 5) is 0. The highest BCUT2D eigenvalue weighted by Gasteiger charge is 2.42. The highest BCUT2D eigenvalue weighted by molar-refractivity contribution is 5.32. The van der Waals surface area contributed by atoms with Crippen molar-refractivity contribution in [2.24, 2.45) is 0 Å². The van der Waals surface area contributed by atoms with Crippen LogP contribution in [0.1, 0.15) is 36.9 Å². The topological polar surface area (TPSA) is 30.5 Å². The van der Waals surface area contributed by atoms with Crippen LogP contribution in [0.5, 0.6) is 0 Å². The second-order valence-corrected chi connectivity index (χ2v) is 5.33. The lowest BCUT2D eigenvalue weighted by molar-refractivity contribution is -0.127. The lowest BCUT2D eigenvalue weighted by Gasteiger charge is -2.43. The van der Waals surface area contributed by atoms with Crippen LogP contribution < -0.4 is 5.32 Å². The van der Waals surface area contributed by atoms with Crippen molar-refractivity contribution >= 4 is 0 Å². The number of halogens is 1. The van der Waals surface area contributed by atoms with E-state index in [4.69, 9.17) is 9.47 Å². The van der Waals surface area contributed by atoms with E-state index in [0.717, 1.165) is 24.0 Å². The summed E-state index contributed by atoms with van der Waals surface area (Å²) < 4.78 is 25.2. The summed E-state index contributed by atoms with van der Waals surface area (Å²) in [7, 11) is 1.91. The summed E-state index contributed by atoms with van der Waals surface area (Å²) >= 11 is 0. The Kier molecular flexibility index (Phi) is 5.13. The van der Waals surface area contributed by atoms with Gasteiger partial charge in [-0.3, -0.25) is 0 Å². The first kappa shape index (κ1) is 15.4. The minimum absolute atomic E-state index is 0.0259. The highest BCUT2D eigenvalue weighted by atomic mass is 19.1. The molecule has 0 aromatic heterocycles. The second kappa shape index (κ2) is 6.66. The van der Waals surface area contributed by atoms with Crippen LogP contribution in [0.15, 0.2) is 18.2 Å². The fraction of sp³-hybridized carbons (Fsp3) is 0.625. The summed E-state index contributed by atoms with van der Waals surface area (Å²) in [5.74, 6) is -0.204. The van der Waals surface area contributed by atoms with Crippen LogP contribution >= 0.6 is 0 Å². The zero-order valence-corrected chi connectivity index (χ0v) is 12.5. The first-order valence-electron chi connectivity index (χ1n) is 7.28. The van der Waals surface area contributed by atoms with Crippen LogP contribution in [-0.4, -0.2) is 32.5 Å². The van der Waals surface area contributed by atoms with Gasteiger partial charge in [-0.05, 0) is 44.2 Å². The molecule has 0 bridgehead atoms. The quantitative estimate of drug-likeness (QED) is 0.900. The average Bonchev–Trinajstić information content (AvgIpc) is 2.45. The largest absolute Gasteiger partial charge is 0.381 e. The molecule has 0 spiro atoms. The minimum atomic E-state index is -0.319. The van der Waals surface area contributed by atoms with Gasteiger partial charge in [-0.15, -0.1) is 0 Å². The molecule has 0 radical (unpaired) electrons. The van der Waals surface area contributed by atoms with E-state index in [-0.39, 0.29) is 17.5 Å². The maximum absolute atomic E-state index is 13.6. The summed E-state index contributed by atoms with van der Waals surface area (Å²) in [5, 5.41) is 3.33. The van der Waals surface area contributed by atoms with Crippen molar-refractivity contribution in [1.82, 2.24) is 5.32 Å². The number of hydrogen-bond donors (Lipinski definition) is 1. The average molecular weight is 281 g/mol. The third kappa shape index (κ3) is 3.03. The molecule has 1 saturated heterocycles. The molecule has 0 saturated carbocycles. The van der Waals surface area contributed by atoms with E-state index in [2.05, 4.69) is 5.32 Å². The Balaban J connectivity index is 2.39. The van der Waals surface area contributed by atoms with E-state index < -0.39 is 0 Å². The van der Waals surface area contributed by atoms with Gasteiger partial charge in [0, 0.05) is 32.7 Å². The van der Waals surface area contributed by atoms with Crippen LogP contribution in [-0.2, 0) is 9.47 Å². The van der Waals surface area contributed by atoms with Gasteiger partial charge in [-0.25, -0.2) is 4.39 Å². The summed E-state index contributed by atoms with van der Waals surface area (Å²) in [6.45, 7) is 6.03. The second-order valence-electron chi connectivity index (χ2n) is 5.33. The Morgan fingerprint density at radius 1 is 1.40 bits per heavy atom. The van der Waals surface area contributed by atoms with Gasteiger partial charge in [0.25, 0.3) is 0 Å². The Hall–Kier alpha value is -0.970. The number of benzene rings is 1. The predicted molar refractivity (Wildman–Crippen MR) is 77.3 cm³/mol. The fourth-order valence-corrected chi connectivity index (χ4v) is 3.15. The summed E-state index contributed by atoms with van der Waals surface area (Å²) in [6.07, 6.45) is 1.64. The SMILES string of the molecule is CCOC1(C(NC)c2cc(F)ccc2C)CCOCC1. The minimum Gasteiger partial charge on any atom is -0.381 e. The van der Waals surface area contributed by atoms with Gasteiger partial charge < -0.3 is 14.8 Å². The molecule has 112 valence electrons. The highest BCUT2D eigenvalue weighted by Crippen LogP contribution is 2.38. The molecular weight excluding hydrogens is 257 g/mol. The van der Waals surface area contributed by atoms with Gasteiger partial charge in [0.1, 0.15) is 5.82 Å². The number of nitrogens with one attached hydrogen (secondary N) is 1. The Labute approximate surface area is 120 Å². The van der Waals surface area contributed by atoms with Crippen molar-refractivity contribution in [2.75, 3.05) is 26.9 Å². The molecule has 3 nitrogen and oxygen atoms in total. The molecule has 20 heavy (non-hydrogen) atoms. The molecule has 1 aromatic carbocycles. The fourth-order valence-electron chi connectivity index (χ4n) is 3.15. The van der Waals surface area contributed by atoms with E-state index >= 15 is 0 Å². The summed E-state index contributed by atoms with van der Waals surface area (Å²) in [5.41, 5.74) is 1.74. The maximum atomic E-state index is 13.6. The molecule has 0 aliphatic carbocycles. The zero-order valence-electron chi connectivity index (χ0n) is 12.5. The molecule has 4 heteroatoms. The summed E-state index contributed by atoms with van der Waals surface area (Å²) in [6, 6.07) is 4.92. The van der Waals surface area contributed by atoms with Gasteiger partial charge in [0.05, 0.1) is 11.6 Å². The normalized spacial score (nSPS) is 19.8. The van der Waals surface area contributed by atoms with Gasteiger partial charge in [0.15, 0.2) is 0 Å². The molecule has 1 fully saturated rings. The van der Waals surface area contributed by atoms with Gasteiger partial charge in [0.2, 0.25) is 0 Å². The molecule has 1 N–H and O–H groups in total. The smallest absolute Gasteiger partial charge is 0.123 e. The van der Waals surface area contributed by atoms with Crippen LogP contribution in [0.2, 0.25) is 0 Å². The number of rotatable bonds is 5. The standard InChI is InChI=1S/C16H24FNO2/c1-4-20-16(7-9-19-10-8-16)15(18-3)14-11-13(17)6-5-12(14)2/h5-6,11,15,18H,4,7-10H2,1-3H3. The first-order valence-corrected chi connectivity index (χ1v) is 7.28. The van der Waals surface area contributed by atoms with Gasteiger partial charge in [-0.1, -0.05) is 6.07 Å². The van der Waals surface area contributed by atoms with Crippen molar-refractivity contribution in [3.8, 4) is 0 Å². The molecule has 1 aromatic rings. The Morgan fingerprint density at radius 3 is 2.70 bits per heavy atom. The first-order chi connectivity index (χ1) is 9.63. The monoisotopic (exact) mass is 281 g/mol. The number of hydrogen-bond acceptors (Lipinski definition) is 3. The third-order valence-corrected chi connectivity index (χ3v) is 4.14. The van der Waals surface area contributed by atoms with E-state index in [9.17, 15) is 4.39 Å². The number of ether oxygens (including phenoxy) is 2. The van der Waals surface area contributed by atoms with Crippen LogP contribution in [0, 0.1) is 12.7 Å². The Morgan fingerprint density at radius 2 is 2.10 bits per heavy atom. The molecule has 1 atom stereocenters. The van der Waals surface area contributed by atoms with Gasteiger partial charge >= 0.3 is 0 Å². The van der Waals surface area contributed by atoms with Crippen molar-refractivity contribution in [3.63, 3.8) is 0 Å². The van der Waals surface area contributed by atoms with Crippen LogP contribution in [0.25, 0.3) is 0 Å². The van der Waals surface area contributed by atoms with Crippen molar-refractivity contribution < 1.29 is 13.9 Å². The van der Waals surface area contributed by atoms with E-state index in [1.54, 1.807) is 6.07 Å². The number of aryl methyl sites for hydroxylation is 1. The lowest BCUT2D eigenvalue weighted by Crippen LogP contribution is -2.49. The van der Waals surface area contributed by atoms with Crippen LogP contribution in [0.3, 0.4) is 0 Å². The maximum Gasteiger partial charge on any atom is 0.123 e. The van der Waals surface area contributed by atoms with Crippen molar-refractivity contribution in [2.45, 2.75) is 38.3 Å². The molecular formula is C16H24FNO2. The molecule has 1 unspecified atom stereocenters. The van der Waals surface area contributed by atoms with E-state index in [1.165, 1.54) is 6.07 Å². The lowest BCUT2D eigenvalue weighted by atomic mass is 9.80.